The molecule has 0 unspecified atom stereocenters. The maximum Gasteiger partial charge on any atom is 0.276 e. The molecule has 1 N–H and O–H groups in total. The molecular weight excluding hydrogens is 350 g/mol. The molecule has 0 aliphatic carbocycles. The summed E-state index contributed by atoms with van der Waals surface area (Å²) in [5.41, 5.74) is 2.79. The topological polar surface area (TPSA) is 77.2 Å². The minimum Gasteiger partial charge on any atom is -0.497 e. The molecule has 3 aromatic rings. The summed E-state index contributed by atoms with van der Waals surface area (Å²) >= 11 is 1.36. The van der Waals surface area contributed by atoms with Gasteiger partial charge >= 0.3 is 0 Å². The van der Waals surface area contributed by atoms with E-state index in [1.165, 1.54) is 17.3 Å². The lowest BCUT2D eigenvalue weighted by atomic mass is 10.1. The minimum atomic E-state index is -0.0686. The molecule has 3 rings (SSSR count). The Hall–Kier alpha value is -2.80. The molecule has 6 nitrogen and oxygen atoms in total. The van der Waals surface area contributed by atoms with E-state index >= 15 is 0 Å². The van der Waals surface area contributed by atoms with E-state index in [4.69, 9.17) is 9.15 Å². The number of hydrogen-bond donors (Lipinski definition) is 1. The van der Waals surface area contributed by atoms with Crippen molar-refractivity contribution in [2.75, 3.05) is 18.2 Å². The van der Waals surface area contributed by atoms with E-state index in [1.54, 1.807) is 31.4 Å². The second-order valence-corrected chi connectivity index (χ2v) is 6.66. The first-order valence-electron chi connectivity index (χ1n) is 8.11. The lowest BCUT2D eigenvalue weighted by Gasteiger charge is -2.05. The number of hydrogen-bond acceptors (Lipinski definition) is 6. The summed E-state index contributed by atoms with van der Waals surface area (Å²) in [4.78, 5) is 12.0. The fourth-order valence-corrected chi connectivity index (χ4v) is 2.91. The van der Waals surface area contributed by atoms with E-state index in [-0.39, 0.29) is 5.91 Å². The van der Waals surface area contributed by atoms with Crippen molar-refractivity contribution in [3.63, 3.8) is 0 Å². The van der Waals surface area contributed by atoms with Crippen LogP contribution in [0, 0.1) is 6.92 Å². The lowest BCUT2D eigenvalue weighted by molar-refractivity contribution is -0.115. The average Bonchev–Trinajstić information content (AvgIpc) is 3.12. The van der Waals surface area contributed by atoms with E-state index in [9.17, 15) is 4.79 Å². The first-order valence-corrected chi connectivity index (χ1v) is 9.10. The molecule has 1 amide bonds. The van der Waals surface area contributed by atoms with Crippen LogP contribution in [-0.4, -0.2) is 29.0 Å². The monoisotopic (exact) mass is 369 g/mol. The maximum atomic E-state index is 12.0. The van der Waals surface area contributed by atoms with Crippen molar-refractivity contribution in [2.45, 2.75) is 18.6 Å². The summed E-state index contributed by atoms with van der Waals surface area (Å²) < 4.78 is 10.7. The Morgan fingerprint density at radius 3 is 2.54 bits per heavy atom. The highest BCUT2D eigenvalue weighted by Crippen LogP contribution is 2.24. The van der Waals surface area contributed by atoms with Crippen molar-refractivity contribution in [1.82, 2.24) is 10.2 Å². The Kier molecular flexibility index (Phi) is 5.91. The minimum absolute atomic E-state index is 0.0686. The second-order valence-electron chi connectivity index (χ2n) is 5.61. The smallest absolute Gasteiger partial charge is 0.276 e. The second kappa shape index (κ2) is 8.53. The SMILES string of the molecule is COc1ccc(NC(=O)CCSc2nnc(-c3ccc(C)cc3)o2)cc1. The molecule has 134 valence electrons. The van der Waals surface area contributed by atoms with Crippen LogP contribution < -0.4 is 10.1 Å². The summed E-state index contributed by atoms with van der Waals surface area (Å²) in [5, 5.41) is 11.4. The molecule has 0 fully saturated rings. The van der Waals surface area contributed by atoms with Crippen molar-refractivity contribution in [3.05, 3.63) is 54.1 Å². The fraction of sp³-hybridized carbons (Fsp3) is 0.211. The average molecular weight is 369 g/mol. The molecule has 0 atom stereocenters. The largest absolute Gasteiger partial charge is 0.497 e. The summed E-state index contributed by atoms with van der Waals surface area (Å²) in [7, 11) is 1.60. The van der Waals surface area contributed by atoms with Gasteiger partial charge in [0, 0.05) is 23.4 Å². The molecule has 2 aromatic carbocycles. The van der Waals surface area contributed by atoms with E-state index < -0.39 is 0 Å². The molecule has 7 heteroatoms. The first-order chi connectivity index (χ1) is 12.6. The third-order valence-electron chi connectivity index (χ3n) is 3.63. The molecule has 0 spiro atoms. The zero-order valence-corrected chi connectivity index (χ0v) is 15.4. The third-order valence-corrected chi connectivity index (χ3v) is 4.45. The van der Waals surface area contributed by atoms with Crippen LogP contribution in [0.15, 0.2) is 58.2 Å². The Balaban J connectivity index is 1.47. The van der Waals surface area contributed by atoms with Crippen molar-refractivity contribution in [1.29, 1.82) is 0 Å². The van der Waals surface area contributed by atoms with Crippen LogP contribution in [0.4, 0.5) is 5.69 Å². The van der Waals surface area contributed by atoms with Crippen LogP contribution in [0.5, 0.6) is 5.75 Å². The molecule has 0 saturated heterocycles. The van der Waals surface area contributed by atoms with Crippen LogP contribution >= 0.6 is 11.8 Å². The van der Waals surface area contributed by atoms with Gasteiger partial charge in [0.15, 0.2) is 0 Å². The van der Waals surface area contributed by atoms with Gasteiger partial charge < -0.3 is 14.5 Å². The van der Waals surface area contributed by atoms with Gasteiger partial charge in [-0.15, -0.1) is 10.2 Å². The summed E-state index contributed by atoms with van der Waals surface area (Å²) in [6.07, 6.45) is 0.346. The quantitative estimate of drug-likeness (QED) is 0.630. The summed E-state index contributed by atoms with van der Waals surface area (Å²) in [5.74, 6) is 1.72. The number of amides is 1. The van der Waals surface area contributed by atoms with Gasteiger partial charge in [0.05, 0.1) is 7.11 Å². The number of nitrogens with one attached hydrogen (secondary N) is 1. The van der Waals surface area contributed by atoms with Gasteiger partial charge in [0.25, 0.3) is 5.22 Å². The fourth-order valence-electron chi connectivity index (χ4n) is 2.21. The molecule has 0 saturated carbocycles. The van der Waals surface area contributed by atoms with Gasteiger partial charge in [0.1, 0.15) is 5.75 Å². The predicted octanol–water partition coefficient (Wildman–Crippen LogP) is 4.17. The first kappa shape index (κ1) is 18.0. The van der Waals surface area contributed by atoms with Crippen LogP contribution in [0.2, 0.25) is 0 Å². The number of ether oxygens (including phenoxy) is 1. The number of anilines is 1. The van der Waals surface area contributed by atoms with E-state index in [0.717, 1.165) is 17.0 Å². The van der Waals surface area contributed by atoms with E-state index in [2.05, 4.69) is 15.5 Å². The predicted molar refractivity (Wildman–Crippen MR) is 101 cm³/mol. The Bertz CT molecular complexity index is 860. The lowest BCUT2D eigenvalue weighted by Crippen LogP contribution is -2.12. The number of rotatable bonds is 7. The van der Waals surface area contributed by atoms with Crippen molar-refractivity contribution in [2.24, 2.45) is 0 Å². The molecule has 0 radical (unpaired) electrons. The van der Waals surface area contributed by atoms with Gasteiger partial charge in [-0.2, -0.15) is 0 Å². The third kappa shape index (κ3) is 4.86. The van der Waals surface area contributed by atoms with Gasteiger partial charge in [0.2, 0.25) is 11.8 Å². The molecule has 26 heavy (non-hydrogen) atoms. The number of carbonyl (C=O) groups excluding carboxylic acids is 1. The Morgan fingerprint density at radius 1 is 1.12 bits per heavy atom. The number of aryl methyl sites for hydroxylation is 1. The van der Waals surface area contributed by atoms with Crippen molar-refractivity contribution >= 4 is 23.4 Å². The number of methoxy groups -OCH3 is 1. The standard InChI is InChI=1S/C19H19N3O3S/c1-13-3-5-14(6-4-13)18-21-22-19(25-18)26-12-11-17(23)20-15-7-9-16(24-2)10-8-15/h3-10H,11-12H2,1-2H3,(H,20,23). The Morgan fingerprint density at radius 2 is 1.85 bits per heavy atom. The molecule has 1 aromatic heterocycles. The number of aromatic nitrogens is 2. The molecule has 1 heterocycles. The molecule has 0 bridgehead atoms. The van der Waals surface area contributed by atoms with Crippen LogP contribution in [-0.2, 0) is 4.79 Å². The summed E-state index contributed by atoms with van der Waals surface area (Å²) in [6, 6.07) is 15.1. The van der Waals surface area contributed by atoms with Gasteiger partial charge in [-0.05, 0) is 43.3 Å². The molecular formula is C19H19N3O3S. The highest BCUT2D eigenvalue weighted by Gasteiger charge is 2.10. The van der Waals surface area contributed by atoms with Crippen LogP contribution in [0.3, 0.4) is 0 Å². The van der Waals surface area contributed by atoms with Gasteiger partial charge in [-0.25, -0.2) is 0 Å². The van der Waals surface area contributed by atoms with Crippen molar-refractivity contribution in [3.8, 4) is 17.2 Å². The Labute approximate surface area is 156 Å². The van der Waals surface area contributed by atoms with Gasteiger partial charge in [-0.1, -0.05) is 29.5 Å². The van der Waals surface area contributed by atoms with E-state index in [0.29, 0.717) is 23.3 Å². The van der Waals surface area contributed by atoms with Gasteiger partial charge in [-0.3, -0.25) is 4.79 Å². The zero-order valence-electron chi connectivity index (χ0n) is 14.6. The number of thioether (sulfide) groups is 1. The number of carbonyl (C=O) groups is 1. The summed E-state index contributed by atoms with van der Waals surface area (Å²) in [6.45, 7) is 2.02. The highest BCUT2D eigenvalue weighted by atomic mass is 32.2. The highest BCUT2D eigenvalue weighted by molar-refractivity contribution is 7.99. The van der Waals surface area contributed by atoms with Crippen LogP contribution in [0.25, 0.3) is 11.5 Å². The molecule has 0 aliphatic heterocycles. The number of benzene rings is 2. The van der Waals surface area contributed by atoms with Crippen LogP contribution in [0.1, 0.15) is 12.0 Å². The maximum absolute atomic E-state index is 12.0. The van der Waals surface area contributed by atoms with E-state index in [1.807, 2.05) is 31.2 Å². The normalized spacial score (nSPS) is 10.5. The number of nitrogens with zero attached hydrogens (tertiary/aromatic N) is 2. The zero-order chi connectivity index (χ0) is 18.4. The van der Waals surface area contributed by atoms with Crippen molar-refractivity contribution < 1.29 is 13.9 Å². The molecule has 0 aliphatic rings.